The number of carboxylic acid groups (broad SMARTS) is 1. The summed E-state index contributed by atoms with van der Waals surface area (Å²) in [4.78, 5) is 14.8. The average molecular weight is 234 g/mol. The number of carboxylic acids is 1. The minimum Gasteiger partial charge on any atom is -0.497 e. The highest BCUT2D eigenvalue weighted by molar-refractivity contribution is 6.09. The fourth-order valence-electron chi connectivity index (χ4n) is 1.13. The van der Waals surface area contributed by atoms with Crippen LogP contribution in [0.4, 0.5) is 5.69 Å². The zero-order valence-corrected chi connectivity index (χ0v) is 9.68. The number of rotatable bonds is 4. The van der Waals surface area contributed by atoms with Gasteiger partial charge in [-0.1, -0.05) is 0 Å². The second-order valence-corrected chi connectivity index (χ2v) is 3.36. The number of ether oxygens (including phenoxy) is 1. The van der Waals surface area contributed by atoms with Crippen molar-refractivity contribution in [3.05, 3.63) is 35.5 Å². The SMILES string of the molecule is COc1ccc(N=CC(C(=O)O)=C(C)N)cc1. The monoisotopic (exact) mass is 234 g/mol. The zero-order chi connectivity index (χ0) is 12.8. The zero-order valence-electron chi connectivity index (χ0n) is 9.68. The van der Waals surface area contributed by atoms with Gasteiger partial charge < -0.3 is 15.6 Å². The van der Waals surface area contributed by atoms with E-state index in [1.807, 2.05) is 0 Å². The molecule has 3 N–H and O–H groups in total. The number of hydrogen-bond donors (Lipinski definition) is 2. The van der Waals surface area contributed by atoms with E-state index in [4.69, 9.17) is 15.6 Å². The van der Waals surface area contributed by atoms with E-state index in [1.165, 1.54) is 13.1 Å². The molecule has 0 amide bonds. The van der Waals surface area contributed by atoms with E-state index in [0.717, 1.165) is 0 Å². The van der Waals surface area contributed by atoms with Gasteiger partial charge in [0.1, 0.15) is 5.75 Å². The molecule has 0 bridgehead atoms. The van der Waals surface area contributed by atoms with Crippen LogP contribution >= 0.6 is 0 Å². The maximum absolute atomic E-state index is 10.8. The summed E-state index contributed by atoms with van der Waals surface area (Å²) in [6, 6.07) is 6.93. The molecule has 0 aromatic heterocycles. The first kappa shape index (κ1) is 12.8. The van der Waals surface area contributed by atoms with Gasteiger partial charge in [-0.25, -0.2) is 4.79 Å². The van der Waals surface area contributed by atoms with Crippen molar-refractivity contribution in [3.63, 3.8) is 0 Å². The number of nitrogens with two attached hydrogens (primary N) is 1. The number of carbonyl (C=O) groups is 1. The Morgan fingerprint density at radius 2 is 2.00 bits per heavy atom. The van der Waals surface area contributed by atoms with Crippen molar-refractivity contribution in [2.45, 2.75) is 6.92 Å². The van der Waals surface area contributed by atoms with Crippen LogP contribution in [0.15, 0.2) is 40.5 Å². The lowest BCUT2D eigenvalue weighted by Crippen LogP contribution is -2.09. The fourth-order valence-corrected chi connectivity index (χ4v) is 1.13. The lowest BCUT2D eigenvalue weighted by atomic mass is 10.2. The van der Waals surface area contributed by atoms with Crippen molar-refractivity contribution >= 4 is 17.9 Å². The minimum atomic E-state index is -1.10. The van der Waals surface area contributed by atoms with Gasteiger partial charge in [0, 0.05) is 11.9 Å². The molecule has 17 heavy (non-hydrogen) atoms. The Hall–Kier alpha value is -2.30. The molecule has 0 aliphatic heterocycles. The van der Waals surface area contributed by atoms with E-state index >= 15 is 0 Å². The van der Waals surface area contributed by atoms with Crippen LogP contribution in [0.2, 0.25) is 0 Å². The van der Waals surface area contributed by atoms with Crippen LogP contribution in [0.25, 0.3) is 0 Å². The first-order valence-electron chi connectivity index (χ1n) is 4.92. The summed E-state index contributed by atoms with van der Waals surface area (Å²) in [5.74, 6) is -0.379. The Balaban J connectivity index is 2.89. The number of nitrogens with zero attached hydrogens (tertiary/aromatic N) is 1. The Morgan fingerprint density at radius 1 is 1.41 bits per heavy atom. The lowest BCUT2D eigenvalue weighted by Gasteiger charge is -2.00. The summed E-state index contributed by atoms with van der Waals surface area (Å²) in [5, 5.41) is 8.85. The maximum Gasteiger partial charge on any atom is 0.339 e. The van der Waals surface area contributed by atoms with Gasteiger partial charge in [-0.15, -0.1) is 0 Å². The van der Waals surface area contributed by atoms with E-state index in [-0.39, 0.29) is 11.3 Å². The van der Waals surface area contributed by atoms with Gasteiger partial charge in [-0.2, -0.15) is 0 Å². The molecule has 90 valence electrons. The number of benzene rings is 1. The molecule has 0 saturated heterocycles. The van der Waals surface area contributed by atoms with Crippen molar-refractivity contribution in [3.8, 4) is 5.75 Å². The molecule has 1 aromatic carbocycles. The topological polar surface area (TPSA) is 84.9 Å². The van der Waals surface area contributed by atoms with Crippen LogP contribution in [0.5, 0.6) is 5.75 Å². The quantitative estimate of drug-likeness (QED) is 0.613. The molecule has 0 heterocycles. The molecule has 0 aliphatic carbocycles. The van der Waals surface area contributed by atoms with E-state index in [2.05, 4.69) is 4.99 Å². The molecule has 0 radical (unpaired) electrons. The molecular weight excluding hydrogens is 220 g/mol. The van der Waals surface area contributed by atoms with Crippen molar-refractivity contribution in [1.29, 1.82) is 0 Å². The largest absolute Gasteiger partial charge is 0.497 e. The van der Waals surface area contributed by atoms with Crippen LogP contribution in [0.1, 0.15) is 6.92 Å². The van der Waals surface area contributed by atoms with Gasteiger partial charge in [-0.3, -0.25) is 4.99 Å². The number of hydrogen-bond acceptors (Lipinski definition) is 4. The lowest BCUT2D eigenvalue weighted by molar-refractivity contribution is -0.132. The van der Waals surface area contributed by atoms with Crippen LogP contribution in [-0.2, 0) is 4.79 Å². The summed E-state index contributed by atoms with van der Waals surface area (Å²) >= 11 is 0. The van der Waals surface area contributed by atoms with Gasteiger partial charge in [0.15, 0.2) is 0 Å². The van der Waals surface area contributed by atoms with E-state index in [1.54, 1.807) is 31.4 Å². The summed E-state index contributed by atoms with van der Waals surface area (Å²) in [5.41, 5.74) is 6.27. The van der Waals surface area contributed by atoms with Gasteiger partial charge >= 0.3 is 5.97 Å². The molecule has 0 atom stereocenters. The van der Waals surface area contributed by atoms with Gasteiger partial charge in [0.25, 0.3) is 0 Å². The minimum absolute atomic E-state index is 0.0131. The third-order valence-electron chi connectivity index (χ3n) is 2.07. The first-order valence-corrected chi connectivity index (χ1v) is 4.92. The highest BCUT2D eigenvalue weighted by Gasteiger charge is 2.06. The molecule has 0 unspecified atom stereocenters. The third kappa shape index (κ3) is 3.64. The number of aliphatic imine (C=N–C) groups is 1. The Labute approximate surface area is 99.2 Å². The summed E-state index contributed by atoms with van der Waals surface area (Å²) in [6.45, 7) is 1.52. The molecule has 5 nitrogen and oxygen atoms in total. The van der Waals surface area contributed by atoms with Crippen LogP contribution < -0.4 is 10.5 Å². The fraction of sp³-hybridized carbons (Fsp3) is 0.167. The van der Waals surface area contributed by atoms with E-state index in [0.29, 0.717) is 11.4 Å². The second-order valence-electron chi connectivity index (χ2n) is 3.36. The van der Waals surface area contributed by atoms with Crippen LogP contribution in [0, 0.1) is 0 Å². The predicted molar refractivity (Wildman–Crippen MR) is 65.7 cm³/mol. The van der Waals surface area contributed by atoms with Crippen LogP contribution in [-0.4, -0.2) is 24.4 Å². The van der Waals surface area contributed by atoms with Crippen molar-refractivity contribution in [2.24, 2.45) is 10.7 Å². The predicted octanol–water partition coefficient (Wildman–Crippen LogP) is 1.71. The highest BCUT2D eigenvalue weighted by Crippen LogP contribution is 2.17. The standard InChI is InChI=1S/C12H14N2O3/c1-8(13)11(12(15)16)7-14-9-3-5-10(17-2)6-4-9/h3-7H,13H2,1-2H3,(H,15,16). The Bertz CT molecular complexity index is 457. The van der Waals surface area contributed by atoms with Crippen molar-refractivity contribution in [1.82, 2.24) is 0 Å². The molecule has 1 aromatic rings. The van der Waals surface area contributed by atoms with Gasteiger partial charge in [-0.05, 0) is 31.2 Å². The van der Waals surface area contributed by atoms with Crippen LogP contribution in [0.3, 0.4) is 0 Å². The smallest absolute Gasteiger partial charge is 0.339 e. The first-order chi connectivity index (χ1) is 8.04. The molecule has 0 saturated carbocycles. The Kier molecular flexibility index (Phi) is 4.28. The number of allylic oxidation sites excluding steroid dienone is 1. The average Bonchev–Trinajstić information content (AvgIpc) is 2.29. The second kappa shape index (κ2) is 5.69. The summed E-state index contributed by atoms with van der Waals surface area (Å²) in [6.07, 6.45) is 1.24. The van der Waals surface area contributed by atoms with Gasteiger partial charge in [0.05, 0.1) is 18.4 Å². The molecular formula is C12H14N2O3. The molecule has 0 fully saturated rings. The Morgan fingerprint density at radius 3 is 2.41 bits per heavy atom. The van der Waals surface area contributed by atoms with Gasteiger partial charge in [0.2, 0.25) is 0 Å². The van der Waals surface area contributed by atoms with Crippen molar-refractivity contribution < 1.29 is 14.6 Å². The third-order valence-corrected chi connectivity index (χ3v) is 2.07. The highest BCUT2D eigenvalue weighted by atomic mass is 16.5. The van der Waals surface area contributed by atoms with E-state index in [9.17, 15) is 4.79 Å². The number of aliphatic carboxylic acids is 1. The van der Waals surface area contributed by atoms with Crippen molar-refractivity contribution in [2.75, 3.05) is 7.11 Å². The van der Waals surface area contributed by atoms with E-state index < -0.39 is 5.97 Å². The normalized spacial score (nSPS) is 12.4. The molecule has 0 spiro atoms. The molecule has 0 aliphatic rings. The number of methoxy groups -OCH3 is 1. The summed E-state index contributed by atoms with van der Waals surface area (Å²) in [7, 11) is 1.57. The molecule has 5 heteroatoms. The maximum atomic E-state index is 10.8. The molecule has 1 rings (SSSR count). The summed E-state index contributed by atoms with van der Waals surface area (Å²) < 4.78 is 5.00.